The van der Waals surface area contributed by atoms with Crippen LogP contribution in [-0.2, 0) is 0 Å². The van der Waals surface area contributed by atoms with Gasteiger partial charge < -0.3 is 13.6 Å². The van der Waals surface area contributed by atoms with E-state index < -0.39 is 22.7 Å². The molecule has 7 rings (SSSR count). The Morgan fingerprint density at radius 2 is 0.619 bits per heavy atom. The monoisotopic (exact) mass is 612 g/mol. The van der Waals surface area contributed by atoms with Crippen LogP contribution in [0.5, 0.6) is 17.2 Å². The molecule has 0 spiro atoms. The van der Waals surface area contributed by atoms with Gasteiger partial charge in [0.15, 0.2) is 0 Å². The van der Waals surface area contributed by atoms with Gasteiger partial charge in [0.05, 0.1) is 0 Å². The van der Waals surface area contributed by atoms with Crippen LogP contribution < -0.4 is 30.1 Å². The first-order valence-electron chi connectivity index (χ1n) is 13.1. The van der Waals surface area contributed by atoms with Crippen LogP contribution >= 0.6 is 22.7 Å². The van der Waals surface area contributed by atoms with Crippen molar-refractivity contribution in [2.75, 3.05) is 0 Å². The van der Waals surface area contributed by atoms with Crippen molar-refractivity contribution in [2.45, 2.75) is 0 Å². The van der Waals surface area contributed by atoms with Gasteiger partial charge in [0, 0.05) is 16.2 Å². The molecule has 0 atom stereocenters. The molecule has 9 nitrogen and oxygen atoms in total. The Morgan fingerprint density at radius 1 is 0.357 bits per heavy atom. The van der Waals surface area contributed by atoms with Crippen molar-refractivity contribution >= 4 is 55.1 Å². The summed E-state index contributed by atoms with van der Waals surface area (Å²) in [6, 6.07) is 40.5. The van der Waals surface area contributed by atoms with Crippen molar-refractivity contribution in [1.29, 1.82) is 0 Å². The van der Waals surface area contributed by atoms with Crippen molar-refractivity contribution < 1.29 is 13.6 Å². The van der Waals surface area contributed by atoms with Gasteiger partial charge in [0.2, 0.25) is 0 Å². The quantitative estimate of drug-likeness (QED) is 0.160. The minimum absolute atomic E-state index is 0.506. The van der Waals surface area contributed by atoms with Gasteiger partial charge in [0.25, 0.3) is 0 Å². The molecule has 1 aliphatic rings. The highest BCUT2D eigenvalue weighted by Gasteiger charge is 2.37. The SMILES string of the molecule is NP1(Oc2cccc3ccccc23)=NP(N)(Oc2cccc3ccccc23)=NP(N)(Oc2cccc3ccccc23)=N1. The smallest absolute Gasteiger partial charge is 0.331 e. The van der Waals surface area contributed by atoms with Gasteiger partial charge in [-0.1, -0.05) is 109 Å². The summed E-state index contributed by atoms with van der Waals surface area (Å²) in [5.74, 6) is 1.52. The molecule has 1 aliphatic heterocycles. The van der Waals surface area contributed by atoms with Crippen molar-refractivity contribution in [3.63, 3.8) is 0 Å². The lowest BCUT2D eigenvalue weighted by Gasteiger charge is -2.30. The second-order valence-electron chi connectivity index (χ2n) is 9.74. The van der Waals surface area contributed by atoms with Gasteiger partial charge in [-0.25, -0.2) is 16.5 Å². The van der Waals surface area contributed by atoms with Gasteiger partial charge in [-0.3, -0.25) is 0 Å². The summed E-state index contributed by atoms with van der Waals surface area (Å²) >= 11 is 0. The van der Waals surface area contributed by atoms with E-state index in [1.807, 2.05) is 127 Å². The minimum Gasteiger partial charge on any atom is -0.430 e. The van der Waals surface area contributed by atoms with Gasteiger partial charge in [-0.05, 0) is 34.4 Å². The van der Waals surface area contributed by atoms with E-state index in [0.29, 0.717) is 17.2 Å². The van der Waals surface area contributed by atoms with Crippen molar-refractivity contribution in [3.8, 4) is 17.2 Å². The van der Waals surface area contributed by atoms with Crippen molar-refractivity contribution in [2.24, 2.45) is 30.1 Å². The topological polar surface area (TPSA) is 143 Å². The first kappa shape index (κ1) is 26.9. The lowest BCUT2D eigenvalue weighted by Crippen LogP contribution is -2.13. The van der Waals surface area contributed by atoms with Crippen LogP contribution in [0.1, 0.15) is 0 Å². The Kier molecular flexibility index (Phi) is 6.68. The third-order valence-corrected chi connectivity index (χ3v) is 14.3. The molecule has 6 N–H and O–H groups in total. The molecule has 6 aromatic rings. The van der Waals surface area contributed by atoms with Gasteiger partial charge in [-0.2, -0.15) is 0 Å². The van der Waals surface area contributed by atoms with E-state index in [1.54, 1.807) is 0 Å². The zero-order valence-corrected chi connectivity index (χ0v) is 24.9. The highest BCUT2D eigenvalue weighted by atomic mass is 31.3. The molecule has 0 aromatic heterocycles. The normalized spacial score (nSPS) is 23.5. The Labute approximate surface area is 243 Å². The van der Waals surface area contributed by atoms with Crippen LogP contribution in [0.15, 0.2) is 141 Å². The highest BCUT2D eigenvalue weighted by Crippen LogP contribution is 2.71. The van der Waals surface area contributed by atoms with E-state index in [9.17, 15) is 0 Å². The summed E-state index contributed by atoms with van der Waals surface area (Å²) in [7, 11) is -10.7. The average Bonchev–Trinajstić information content (AvgIpc) is 2.97. The van der Waals surface area contributed by atoms with E-state index >= 15 is 0 Å². The van der Waals surface area contributed by atoms with Crippen LogP contribution in [-0.4, -0.2) is 0 Å². The zero-order chi connectivity index (χ0) is 28.8. The standard InChI is InChI=1S/C30H27N6O3P3/c31-40(37-28-19-7-13-22-10-1-4-16-25(22)28)34-41(32,38-29-20-8-14-23-11-2-5-17-26(23)29)36-42(33,35-40)39-30-21-9-15-24-12-3-6-18-27(24)30/h1-21H,31-33H2. The molecule has 210 valence electrons. The van der Waals surface area contributed by atoms with Gasteiger partial charge >= 0.3 is 22.7 Å². The second-order valence-corrected chi connectivity index (χ2v) is 16.0. The maximum atomic E-state index is 6.90. The minimum atomic E-state index is -3.57. The van der Waals surface area contributed by atoms with E-state index in [2.05, 4.69) is 0 Å². The van der Waals surface area contributed by atoms with E-state index in [0.717, 1.165) is 32.3 Å². The molecule has 42 heavy (non-hydrogen) atoms. The molecule has 0 aliphatic carbocycles. The summed E-state index contributed by atoms with van der Waals surface area (Å²) in [6.45, 7) is 0. The molecule has 0 amide bonds. The van der Waals surface area contributed by atoms with E-state index in [4.69, 9.17) is 43.6 Å². The average molecular weight is 613 g/mol. The number of benzene rings is 6. The fraction of sp³-hybridized carbons (Fsp3) is 0. The Morgan fingerprint density at radius 3 is 0.929 bits per heavy atom. The number of fused-ring (bicyclic) bond motifs is 3. The maximum Gasteiger partial charge on any atom is 0.331 e. The molecule has 6 aromatic carbocycles. The van der Waals surface area contributed by atoms with Gasteiger partial charge in [-0.15, -0.1) is 13.5 Å². The Hall–Kier alpha value is -3.93. The zero-order valence-electron chi connectivity index (χ0n) is 22.3. The molecule has 0 saturated heterocycles. The van der Waals surface area contributed by atoms with Crippen LogP contribution in [0.2, 0.25) is 0 Å². The van der Waals surface area contributed by atoms with Crippen molar-refractivity contribution in [1.82, 2.24) is 0 Å². The number of hydrogen-bond acceptors (Lipinski definition) is 9. The summed E-state index contributed by atoms with van der Waals surface area (Å²) in [4.78, 5) is 0. The first-order valence-corrected chi connectivity index (χ1v) is 18.1. The van der Waals surface area contributed by atoms with Crippen LogP contribution in [0, 0.1) is 0 Å². The molecule has 1 heterocycles. The number of nitrogens with two attached hydrogens (primary N) is 3. The van der Waals surface area contributed by atoms with Gasteiger partial charge in [0.1, 0.15) is 17.2 Å². The second kappa shape index (κ2) is 10.4. The van der Waals surface area contributed by atoms with Crippen LogP contribution in [0.4, 0.5) is 0 Å². The third-order valence-electron chi connectivity index (χ3n) is 6.72. The first-order chi connectivity index (χ1) is 20.3. The van der Waals surface area contributed by atoms with Crippen LogP contribution in [0.3, 0.4) is 0 Å². The van der Waals surface area contributed by atoms with Crippen molar-refractivity contribution in [3.05, 3.63) is 127 Å². The molecular formula is C30H27N6O3P3. The Bertz CT molecular complexity index is 1910. The fourth-order valence-electron chi connectivity index (χ4n) is 4.97. The lowest BCUT2D eigenvalue weighted by atomic mass is 10.1. The number of hydrogen-bond donors (Lipinski definition) is 3. The van der Waals surface area contributed by atoms with Crippen LogP contribution in [0.25, 0.3) is 32.3 Å². The summed E-state index contributed by atoms with van der Waals surface area (Å²) < 4.78 is 33.4. The summed E-state index contributed by atoms with van der Waals surface area (Å²) in [6.07, 6.45) is 0. The highest BCUT2D eigenvalue weighted by molar-refractivity contribution is 7.81. The largest absolute Gasteiger partial charge is 0.430 e. The summed E-state index contributed by atoms with van der Waals surface area (Å²) in [5.41, 5.74) is 20.7. The van der Waals surface area contributed by atoms with E-state index in [-0.39, 0.29) is 0 Å². The lowest BCUT2D eigenvalue weighted by molar-refractivity contribution is 0.586. The number of rotatable bonds is 6. The summed E-state index contributed by atoms with van der Waals surface area (Å²) in [5, 5.41) is 5.48. The molecule has 0 saturated carbocycles. The molecule has 0 bridgehead atoms. The number of nitrogens with zero attached hydrogens (tertiary/aromatic N) is 3. The molecule has 0 fully saturated rings. The predicted octanol–water partition coefficient (Wildman–Crippen LogP) is 9.41. The van der Waals surface area contributed by atoms with E-state index in [1.165, 1.54) is 0 Å². The molecule has 0 unspecified atom stereocenters. The fourth-order valence-corrected chi connectivity index (χ4v) is 13.0. The maximum absolute atomic E-state index is 6.90. The molecular weight excluding hydrogens is 585 g/mol. The third kappa shape index (κ3) is 5.23. The Balaban J connectivity index is 1.40. The molecule has 12 heteroatoms. The molecule has 0 radical (unpaired) electrons. The predicted molar refractivity (Wildman–Crippen MR) is 174 cm³/mol.